The van der Waals surface area contributed by atoms with Gasteiger partial charge in [0.2, 0.25) is 34.6 Å². The molecule has 0 unspecified atom stereocenters. The number of Topliss-reactive ketones (excluding diaryl/α,β-unsaturated/α-hetero) is 4. The van der Waals surface area contributed by atoms with Crippen molar-refractivity contribution in [1.29, 1.82) is 0 Å². The average Bonchev–Trinajstić information content (AvgIpc) is 3.19. The van der Waals surface area contributed by atoms with Gasteiger partial charge in [0.25, 0.3) is 0 Å². The fourth-order valence-electron chi connectivity index (χ4n) is 5.51. The van der Waals surface area contributed by atoms with E-state index in [1.807, 2.05) is 0 Å². The Labute approximate surface area is 299 Å². The van der Waals surface area contributed by atoms with Crippen LogP contribution in [0.4, 0.5) is 0 Å². The summed E-state index contributed by atoms with van der Waals surface area (Å²) >= 11 is 0. The van der Waals surface area contributed by atoms with Gasteiger partial charge < -0.3 is 47.4 Å². The summed E-state index contributed by atoms with van der Waals surface area (Å²) in [6.45, 7) is 0. The monoisotopic (exact) mass is 718 g/mol. The lowest BCUT2D eigenvalue weighted by Gasteiger charge is -2.19. The Morgan fingerprint density at radius 2 is 0.558 bits per heavy atom. The number of rotatable bonds is 17. The van der Waals surface area contributed by atoms with E-state index in [-0.39, 0.29) is 90.9 Å². The molecule has 0 fully saturated rings. The highest BCUT2D eigenvalue weighted by atomic mass is 16.5. The zero-order valence-electron chi connectivity index (χ0n) is 30.3. The maximum absolute atomic E-state index is 14.3. The second kappa shape index (κ2) is 16.5. The summed E-state index contributed by atoms with van der Waals surface area (Å²) in [7, 11) is 13.7. The van der Waals surface area contributed by atoms with Crippen molar-refractivity contribution in [2.75, 3.05) is 71.1 Å². The van der Waals surface area contributed by atoms with E-state index in [9.17, 15) is 19.2 Å². The standard InChI is InChI=1S/C38H38O14/c1-43-25-15-21(23(17-27(25)45-3)35(41)33(39)19-11-29(47-5)37(51-9)30(12-19)48-6)22-16-26(44-2)28(46-4)18-24(22)36(42)34(40)20-13-31(49-7)38(52-10)32(14-20)50-8/h11-18H,1-10H3. The van der Waals surface area contributed by atoms with Gasteiger partial charge >= 0.3 is 0 Å². The van der Waals surface area contributed by atoms with Crippen molar-refractivity contribution in [2.24, 2.45) is 0 Å². The number of ether oxygens (including phenoxy) is 10. The van der Waals surface area contributed by atoms with Gasteiger partial charge in [0.1, 0.15) is 0 Å². The molecular formula is C38H38O14. The van der Waals surface area contributed by atoms with Crippen LogP contribution in [-0.4, -0.2) is 94.2 Å². The van der Waals surface area contributed by atoms with E-state index in [4.69, 9.17) is 47.4 Å². The van der Waals surface area contributed by atoms with Crippen molar-refractivity contribution < 1.29 is 66.5 Å². The number of hydrogen-bond donors (Lipinski definition) is 0. The summed E-state index contributed by atoms with van der Waals surface area (Å²) in [5, 5.41) is 0. The molecule has 0 aliphatic rings. The second-order valence-electron chi connectivity index (χ2n) is 10.7. The van der Waals surface area contributed by atoms with E-state index in [1.165, 1.54) is 120 Å². The molecule has 0 aromatic heterocycles. The van der Waals surface area contributed by atoms with E-state index in [0.717, 1.165) is 0 Å². The number of methoxy groups -OCH3 is 10. The van der Waals surface area contributed by atoms with Gasteiger partial charge in [-0.3, -0.25) is 19.2 Å². The van der Waals surface area contributed by atoms with Crippen LogP contribution in [0.25, 0.3) is 11.1 Å². The summed E-state index contributed by atoms with van der Waals surface area (Å²) < 4.78 is 54.3. The molecule has 0 saturated carbocycles. The Kier molecular flexibility index (Phi) is 12.2. The summed E-state index contributed by atoms with van der Waals surface area (Å²) in [6, 6.07) is 10.8. The van der Waals surface area contributed by atoms with Crippen molar-refractivity contribution in [3.05, 3.63) is 70.8 Å². The third kappa shape index (κ3) is 7.08. The highest BCUT2D eigenvalue weighted by molar-refractivity contribution is 6.52. The van der Waals surface area contributed by atoms with Gasteiger partial charge in [-0.1, -0.05) is 0 Å². The molecule has 0 bridgehead atoms. The topological polar surface area (TPSA) is 161 Å². The van der Waals surface area contributed by atoms with E-state index in [1.54, 1.807) is 0 Å². The van der Waals surface area contributed by atoms with Crippen molar-refractivity contribution in [2.45, 2.75) is 0 Å². The van der Waals surface area contributed by atoms with Gasteiger partial charge in [-0.15, -0.1) is 0 Å². The molecule has 4 aromatic rings. The first-order chi connectivity index (χ1) is 25.0. The van der Waals surface area contributed by atoms with E-state index >= 15 is 0 Å². The fraction of sp³-hybridized carbons (Fsp3) is 0.263. The summed E-state index contributed by atoms with van der Waals surface area (Å²) in [6.07, 6.45) is 0. The number of carbonyl (C=O) groups is 4. The smallest absolute Gasteiger partial charge is 0.234 e. The number of carbonyl (C=O) groups excluding carboxylic acids is 4. The minimum Gasteiger partial charge on any atom is -0.493 e. The summed E-state index contributed by atoms with van der Waals surface area (Å²) in [5.74, 6) is -2.43. The van der Waals surface area contributed by atoms with Crippen molar-refractivity contribution >= 4 is 23.1 Å². The molecular weight excluding hydrogens is 680 g/mol. The van der Waals surface area contributed by atoms with Gasteiger partial charge in [-0.2, -0.15) is 0 Å². The molecule has 0 amide bonds. The molecule has 0 radical (unpaired) electrons. The maximum Gasteiger partial charge on any atom is 0.234 e. The van der Waals surface area contributed by atoms with Gasteiger partial charge in [-0.05, 0) is 59.7 Å². The first-order valence-electron chi connectivity index (χ1n) is 15.3. The van der Waals surface area contributed by atoms with E-state index < -0.39 is 23.1 Å². The summed E-state index contributed by atoms with van der Waals surface area (Å²) in [5.41, 5.74) is -0.491. The molecule has 4 aromatic carbocycles. The van der Waals surface area contributed by atoms with Crippen molar-refractivity contribution in [1.82, 2.24) is 0 Å². The molecule has 0 aliphatic carbocycles. The lowest BCUT2D eigenvalue weighted by Crippen LogP contribution is -2.19. The molecule has 0 heterocycles. The maximum atomic E-state index is 14.3. The first kappa shape index (κ1) is 38.4. The molecule has 0 atom stereocenters. The first-order valence-corrected chi connectivity index (χ1v) is 15.3. The molecule has 0 spiro atoms. The Morgan fingerprint density at radius 1 is 0.308 bits per heavy atom. The van der Waals surface area contributed by atoms with Crippen LogP contribution >= 0.6 is 0 Å². The molecule has 4 rings (SSSR count). The van der Waals surface area contributed by atoms with Crippen LogP contribution < -0.4 is 47.4 Å². The minimum atomic E-state index is -1.01. The van der Waals surface area contributed by atoms with E-state index in [0.29, 0.717) is 0 Å². The van der Waals surface area contributed by atoms with Crippen LogP contribution in [-0.2, 0) is 0 Å². The normalized spacial score (nSPS) is 10.4. The predicted octanol–water partition coefficient (Wildman–Crippen LogP) is 5.57. The molecule has 0 saturated heterocycles. The highest BCUT2D eigenvalue weighted by Gasteiger charge is 2.31. The molecule has 0 aliphatic heterocycles. The average molecular weight is 719 g/mol. The number of ketones is 4. The fourth-order valence-corrected chi connectivity index (χ4v) is 5.51. The lowest BCUT2D eigenvalue weighted by atomic mass is 9.87. The quantitative estimate of drug-likeness (QED) is 0.0984. The zero-order chi connectivity index (χ0) is 38.3. The van der Waals surface area contributed by atoms with Gasteiger partial charge in [0, 0.05) is 22.3 Å². The van der Waals surface area contributed by atoms with Gasteiger partial charge in [0.15, 0.2) is 46.0 Å². The lowest BCUT2D eigenvalue weighted by molar-refractivity contribution is 0.0815. The Morgan fingerprint density at radius 3 is 0.788 bits per heavy atom. The second-order valence-corrected chi connectivity index (χ2v) is 10.7. The molecule has 14 heteroatoms. The van der Waals surface area contributed by atoms with Gasteiger partial charge in [-0.25, -0.2) is 0 Å². The van der Waals surface area contributed by atoms with Crippen molar-refractivity contribution in [3.8, 4) is 68.6 Å². The van der Waals surface area contributed by atoms with Crippen LogP contribution in [0.2, 0.25) is 0 Å². The third-order valence-corrected chi connectivity index (χ3v) is 8.09. The molecule has 0 N–H and O–H groups in total. The minimum absolute atomic E-state index is 0.0328. The highest BCUT2D eigenvalue weighted by Crippen LogP contribution is 2.44. The largest absolute Gasteiger partial charge is 0.493 e. The zero-order valence-corrected chi connectivity index (χ0v) is 30.3. The van der Waals surface area contributed by atoms with E-state index in [2.05, 4.69) is 0 Å². The summed E-state index contributed by atoms with van der Waals surface area (Å²) in [4.78, 5) is 56.4. The van der Waals surface area contributed by atoms with Crippen molar-refractivity contribution in [3.63, 3.8) is 0 Å². The van der Waals surface area contributed by atoms with Gasteiger partial charge in [0.05, 0.1) is 71.1 Å². The Bertz CT molecular complexity index is 1840. The SMILES string of the molecule is COc1cc(C(=O)C(=O)c2cc(OC)c(OC)c(OC)c2)c(-c2cc(OC)c(OC)cc2C(=O)C(=O)c2cc(OC)c(OC)c(OC)c2)cc1OC. The Balaban J connectivity index is 2.01. The van der Waals surface area contributed by atoms with Crippen LogP contribution in [0.3, 0.4) is 0 Å². The van der Waals surface area contributed by atoms with Crippen LogP contribution in [0.15, 0.2) is 48.5 Å². The number of hydrogen-bond acceptors (Lipinski definition) is 14. The predicted molar refractivity (Wildman–Crippen MR) is 188 cm³/mol. The third-order valence-electron chi connectivity index (χ3n) is 8.09. The molecule has 14 nitrogen and oxygen atoms in total. The molecule has 52 heavy (non-hydrogen) atoms. The molecule has 274 valence electrons. The Hall–Kier alpha value is -6.44. The number of benzene rings is 4. The van der Waals surface area contributed by atoms with Crippen LogP contribution in [0, 0.1) is 0 Å². The van der Waals surface area contributed by atoms with Crippen LogP contribution in [0.5, 0.6) is 57.5 Å². The van der Waals surface area contributed by atoms with Crippen LogP contribution in [0.1, 0.15) is 41.4 Å².